The highest BCUT2D eigenvalue weighted by molar-refractivity contribution is 5.78. The molecular formula is C13H16O4. The maximum atomic E-state index is 11.4. The SMILES string of the molecule is CC1CCOC1(Cc1cccc(O)c1)C(=O)O. The Kier molecular flexibility index (Phi) is 3.07. The minimum Gasteiger partial charge on any atom is -0.508 e. The summed E-state index contributed by atoms with van der Waals surface area (Å²) in [4.78, 5) is 11.4. The number of phenolic OH excluding ortho intramolecular Hbond substituents is 1. The predicted octanol–water partition coefficient (Wildman–Crippen LogP) is 1.81. The molecule has 1 saturated heterocycles. The fraction of sp³-hybridized carbons (Fsp3) is 0.462. The van der Waals surface area contributed by atoms with E-state index in [-0.39, 0.29) is 18.1 Å². The number of aromatic hydroxyl groups is 1. The average molecular weight is 236 g/mol. The van der Waals surface area contributed by atoms with Gasteiger partial charge in [-0.15, -0.1) is 0 Å². The molecule has 1 aliphatic heterocycles. The van der Waals surface area contributed by atoms with Crippen molar-refractivity contribution in [3.05, 3.63) is 29.8 Å². The van der Waals surface area contributed by atoms with E-state index in [9.17, 15) is 15.0 Å². The third-order valence-corrected chi connectivity index (χ3v) is 3.45. The Morgan fingerprint density at radius 2 is 2.35 bits per heavy atom. The van der Waals surface area contributed by atoms with Crippen molar-refractivity contribution in [3.8, 4) is 5.75 Å². The maximum absolute atomic E-state index is 11.4. The minimum atomic E-state index is -1.15. The Morgan fingerprint density at radius 1 is 1.59 bits per heavy atom. The standard InChI is InChI=1S/C13H16O4/c1-9-5-6-17-13(9,12(15)16)8-10-3-2-4-11(14)7-10/h2-4,7,9,14H,5-6,8H2,1H3,(H,15,16). The molecule has 17 heavy (non-hydrogen) atoms. The Hall–Kier alpha value is -1.55. The van der Waals surface area contributed by atoms with Crippen LogP contribution in [0.15, 0.2) is 24.3 Å². The van der Waals surface area contributed by atoms with Crippen molar-refractivity contribution in [1.29, 1.82) is 0 Å². The topological polar surface area (TPSA) is 66.8 Å². The van der Waals surface area contributed by atoms with E-state index in [0.29, 0.717) is 6.61 Å². The van der Waals surface area contributed by atoms with Gasteiger partial charge < -0.3 is 14.9 Å². The van der Waals surface area contributed by atoms with Crippen LogP contribution < -0.4 is 0 Å². The van der Waals surface area contributed by atoms with Crippen LogP contribution in [0.5, 0.6) is 5.75 Å². The number of carboxylic acid groups (broad SMARTS) is 1. The van der Waals surface area contributed by atoms with Crippen molar-refractivity contribution in [3.63, 3.8) is 0 Å². The Balaban J connectivity index is 2.28. The fourth-order valence-electron chi connectivity index (χ4n) is 2.34. The van der Waals surface area contributed by atoms with Crippen LogP contribution >= 0.6 is 0 Å². The summed E-state index contributed by atoms with van der Waals surface area (Å²) in [7, 11) is 0. The second-order valence-electron chi connectivity index (χ2n) is 4.58. The molecule has 4 heteroatoms. The van der Waals surface area contributed by atoms with Gasteiger partial charge in [-0.25, -0.2) is 4.79 Å². The van der Waals surface area contributed by atoms with E-state index in [2.05, 4.69) is 0 Å². The second-order valence-corrected chi connectivity index (χ2v) is 4.58. The Bertz CT molecular complexity index is 429. The molecule has 92 valence electrons. The molecule has 1 aromatic rings. The molecule has 2 rings (SSSR count). The molecule has 2 N–H and O–H groups in total. The highest BCUT2D eigenvalue weighted by Crippen LogP contribution is 2.35. The van der Waals surface area contributed by atoms with Crippen LogP contribution in [0.3, 0.4) is 0 Å². The van der Waals surface area contributed by atoms with Gasteiger partial charge in [0.25, 0.3) is 0 Å². The van der Waals surface area contributed by atoms with Crippen molar-refractivity contribution in [2.75, 3.05) is 6.61 Å². The third-order valence-electron chi connectivity index (χ3n) is 3.45. The van der Waals surface area contributed by atoms with Crippen molar-refractivity contribution >= 4 is 5.97 Å². The quantitative estimate of drug-likeness (QED) is 0.840. The number of aliphatic carboxylic acids is 1. The number of hydrogen-bond acceptors (Lipinski definition) is 3. The van der Waals surface area contributed by atoms with E-state index in [4.69, 9.17) is 4.74 Å². The minimum absolute atomic E-state index is 0.0256. The van der Waals surface area contributed by atoms with E-state index in [1.165, 1.54) is 0 Å². The van der Waals surface area contributed by atoms with Gasteiger partial charge in [0.2, 0.25) is 0 Å². The van der Waals surface area contributed by atoms with E-state index < -0.39 is 11.6 Å². The molecule has 2 unspecified atom stereocenters. The van der Waals surface area contributed by atoms with Gasteiger partial charge in [0.05, 0.1) is 0 Å². The normalized spacial score (nSPS) is 28.2. The molecule has 4 nitrogen and oxygen atoms in total. The van der Waals surface area contributed by atoms with Gasteiger partial charge >= 0.3 is 5.97 Å². The molecule has 1 aliphatic rings. The smallest absolute Gasteiger partial charge is 0.336 e. The molecule has 0 spiro atoms. The lowest BCUT2D eigenvalue weighted by Gasteiger charge is -2.28. The van der Waals surface area contributed by atoms with Crippen molar-refractivity contribution in [2.24, 2.45) is 5.92 Å². The van der Waals surface area contributed by atoms with E-state index in [0.717, 1.165) is 12.0 Å². The van der Waals surface area contributed by atoms with Gasteiger partial charge in [0, 0.05) is 13.0 Å². The highest BCUT2D eigenvalue weighted by atomic mass is 16.5. The first kappa shape index (κ1) is 11.9. The number of phenols is 1. The molecule has 0 aliphatic carbocycles. The number of carboxylic acids is 1. The molecule has 0 amide bonds. The van der Waals surface area contributed by atoms with Gasteiger partial charge in [0.15, 0.2) is 5.60 Å². The molecular weight excluding hydrogens is 220 g/mol. The molecule has 1 fully saturated rings. The van der Waals surface area contributed by atoms with Crippen molar-refractivity contribution < 1.29 is 19.7 Å². The number of hydrogen-bond donors (Lipinski definition) is 2. The molecule has 0 aromatic heterocycles. The summed E-state index contributed by atoms with van der Waals surface area (Å²) in [5.41, 5.74) is -0.366. The summed E-state index contributed by atoms with van der Waals surface area (Å²) < 4.78 is 5.48. The zero-order valence-electron chi connectivity index (χ0n) is 9.72. The lowest BCUT2D eigenvalue weighted by Crippen LogP contribution is -2.45. The van der Waals surface area contributed by atoms with Crippen molar-refractivity contribution in [1.82, 2.24) is 0 Å². The summed E-state index contributed by atoms with van der Waals surface area (Å²) in [5.74, 6) is -0.804. The van der Waals surface area contributed by atoms with E-state index in [1.807, 2.05) is 6.92 Å². The molecule has 0 saturated carbocycles. The third kappa shape index (κ3) is 2.13. The summed E-state index contributed by atoms with van der Waals surface area (Å²) in [6.07, 6.45) is 1.04. The van der Waals surface area contributed by atoms with Gasteiger partial charge in [-0.05, 0) is 30.0 Å². The van der Waals surface area contributed by atoms with Gasteiger partial charge in [-0.1, -0.05) is 19.1 Å². The molecule has 1 heterocycles. The molecule has 1 aromatic carbocycles. The predicted molar refractivity (Wildman–Crippen MR) is 61.9 cm³/mol. The van der Waals surface area contributed by atoms with Crippen LogP contribution in [-0.2, 0) is 16.0 Å². The van der Waals surface area contributed by atoms with E-state index in [1.54, 1.807) is 24.3 Å². The lowest BCUT2D eigenvalue weighted by molar-refractivity contribution is -0.163. The van der Waals surface area contributed by atoms with Gasteiger partial charge in [-0.2, -0.15) is 0 Å². The monoisotopic (exact) mass is 236 g/mol. The second kappa shape index (κ2) is 4.37. The van der Waals surface area contributed by atoms with Crippen LogP contribution in [0.1, 0.15) is 18.9 Å². The Morgan fingerprint density at radius 3 is 2.88 bits per heavy atom. The van der Waals surface area contributed by atoms with Crippen LogP contribution in [0.4, 0.5) is 0 Å². The first-order valence-electron chi connectivity index (χ1n) is 5.70. The zero-order valence-corrected chi connectivity index (χ0v) is 9.72. The summed E-state index contributed by atoms with van der Waals surface area (Å²) in [6.45, 7) is 2.37. The first-order valence-corrected chi connectivity index (χ1v) is 5.70. The Labute approximate surface area is 99.8 Å². The first-order chi connectivity index (χ1) is 8.04. The largest absolute Gasteiger partial charge is 0.508 e. The number of rotatable bonds is 3. The number of benzene rings is 1. The van der Waals surface area contributed by atoms with E-state index >= 15 is 0 Å². The zero-order chi connectivity index (χ0) is 12.5. The number of ether oxygens (including phenoxy) is 1. The van der Waals surface area contributed by atoms with Crippen LogP contribution in [-0.4, -0.2) is 28.4 Å². The van der Waals surface area contributed by atoms with Crippen LogP contribution in [0, 0.1) is 5.92 Å². The van der Waals surface area contributed by atoms with Gasteiger partial charge in [0.1, 0.15) is 5.75 Å². The average Bonchev–Trinajstić information content (AvgIpc) is 2.61. The maximum Gasteiger partial charge on any atom is 0.336 e. The molecule has 0 radical (unpaired) electrons. The summed E-state index contributed by atoms with van der Waals surface area (Å²) in [6, 6.07) is 6.66. The highest BCUT2D eigenvalue weighted by Gasteiger charge is 2.48. The van der Waals surface area contributed by atoms with Gasteiger partial charge in [-0.3, -0.25) is 0 Å². The van der Waals surface area contributed by atoms with Crippen molar-refractivity contribution in [2.45, 2.75) is 25.4 Å². The van der Waals surface area contributed by atoms with Crippen LogP contribution in [0.25, 0.3) is 0 Å². The lowest BCUT2D eigenvalue weighted by atomic mass is 9.83. The van der Waals surface area contributed by atoms with Crippen LogP contribution in [0.2, 0.25) is 0 Å². The molecule has 0 bridgehead atoms. The number of carbonyl (C=O) groups is 1. The summed E-state index contributed by atoms with van der Waals surface area (Å²) in [5, 5.41) is 18.8. The molecule has 2 atom stereocenters. The summed E-state index contributed by atoms with van der Waals surface area (Å²) >= 11 is 0. The fourth-order valence-corrected chi connectivity index (χ4v) is 2.34.